The maximum atomic E-state index is 11.9. The van der Waals surface area contributed by atoms with Gasteiger partial charge < -0.3 is 26.2 Å². The monoisotopic (exact) mass is 463 g/mol. The number of carboxylic acid groups (broad SMARTS) is 1. The number of carbonyl (C=O) groups is 3. The van der Waals surface area contributed by atoms with Crippen LogP contribution in [0.15, 0.2) is 18.2 Å². The summed E-state index contributed by atoms with van der Waals surface area (Å²) in [5, 5.41) is 15.2. The van der Waals surface area contributed by atoms with E-state index in [1.54, 1.807) is 6.07 Å². The van der Waals surface area contributed by atoms with Gasteiger partial charge in [-0.3, -0.25) is 4.79 Å². The van der Waals surface area contributed by atoms with Gasteiger partial charge in [-0.2, -0.15) is 0 Å². The molecule has 0 saturated heterocycles. The highest BCUT2D eigenvalue weighted by Gasteiger charge is 2.26. The van der Waals surface area contributed by atoms with Crippen LogP contribution in [0.4, 0.5) is 11.4 Å². The second-order valence-electron chi connectivity index (χ2n) is 8.38. The molecule has 8 heteroatoms. The van der Waals surface area contributed by atoms with Crippen LogP contribution in [0.1, 0.15) is 94.3 Å². The van der Waals surface area contributed by atoms with Gasteiger partial charge >= 0.3 is 11.9 Å². The van der Waals surface area contributed by atoms with Crippen molar-refractivity contribution in [1.82, 2.24) is 0 Å². The van der Waals surface area contributed by atoms with Crippen molar-refractivity contribution in [3.05, 3.63) is 23.8 Å². The third-order valence-corrected chi connectivity index (χ3v) is 5.63. The number of rotatable bonds is 19. The van der Waals surface area contributed by atoms with E-state index in [0.29, 0.717) is 17.9 Å². The number of hydrogen-bond donors (Lipinski definition) is 4. The lowest BCUT2D eigenvalue weighted by Crippen LogP contribution is -2.43. The molecule has 0 saturated carbocycles. The minimum atomic E-state index is -1.41. The van der Waals surface area contributed by atoms with Gasteiger partial charge in [-0.05, 0) is 24.6 Å². The minimum Gasteiger partial charge on any atom is -0.478 e. The summed E-state index contributed by atoms with van der Waals surface area (Å²) < 4.78 is 4.61. The quantitative estimate of drug-likeness (QED) is 0.130. The van der Waals surface area contributed by atoms with Crippen LogP contribution in [0.25, 0.3) is 0 Å². The molecule has 1 rings (SSSR count). The molecule has 0 aliphatic heterocycles. The van der Waals surface area contributed by atoms with Crippen molar-refractivity contribution in [2.45, 2.75) is 90.0 Å². The molecule has 1 aromatic carbocycles. The molecule has 0 aliphatic carbocycles. The Hall–Kier alpha value is -2.77. The van der Waals surface area contributed by atoms with E-state index in [0.717, 1.165) is 20.0 Å². The number of methoxy groups -OCH3 is 1. The zero-order valence-corrected chi connectivity index (χ0v) is 20.2. The number of primary amides is 1. The molecule has 0 spiro atoms. The van der Waals surface area contributed by atoms with Crippen LogP contribution >= 0.6 is 0 Å². The van der Waals surface area contributed by atoms with Gasteiger partial charge in [0.05, 0.1) is 24.0 Å². The van der Waals surface area contributed by atoms with Crippen LogP contribution in [0.5, 0.6) is 0 Å². The standard InChI is InChI=1S/C25H41N3O5/c1-3-4-5-6-7-8-9-10-11-12-13-14-17-27-20-16-15-19(24(30)31)18-21(20)28-22(23(26)29)25(32)33-2/h15-16,18,22,27-28H,3-14,17H2,1-2H3,(H2,26,29)(H,30,31). The first kappa shape index (κ1) is 28.3. The van der Waals surface area contributed by atoms with Crippen LogP contribution in [-0.4, -0.2) is 42.6 Å². The first-order valence-corrected chi connectivity index (χ1v) is 12.2. The molecule has 1 unspecified atom stereocenters. The summed E-state index contributed by atoms with van der Waals surface area (Å²) >= 11 is 0. The van der Waals surface area contributed by atoms with Crippen LogP contribution in [-0.2, 0) is 14.3 Å². The first-order chi connectivity index (χ1) is 15.9. The SMILES string of the molecule is CCCCCCCCCCCCCCNc1ccc(C(=O)O)cc1NC(C(N)=O)C(=O)OC. The van der Waals surface area contributed by atoms with Gasteiger partial charge in [-0.15, -0.1) is 0 Å². The van der Waals surface area contributed by atoms with Crippen molar-refractivity contribution in [2.75, 3.05) is 24.3 Å². The number of benzene rings is 1. The molecule has 0 heterocycles. The Kier molecular flexibility index (Phi) is 14.4. The van der Waals surface area contributed by atoms with Crippen molar-refractivity contribution in [2.24, 2.45) is 5.73 Å². The fourth-order valence-electron chi connectivity index (χ4n) is 3.66. The predicted octanol–water partition coefficient (Wildman–Crippen LogP) is 4.94. The molecule has 5 N–H and O–H groups in total. The normalized spacial score (nSPS) is 11.6. The molecule has 1 atom stereocenters. The zero-order valence-electron chi connectivity index (χ0n) is 20.2. The molecule has 8 nitrogen and oxygen atoms in total. The van der Waals surface area contributed by atoms with Crippen molar-refractivity contribution in [3.63, 3.8) is 0 Å². The Morgan fingerprint density at radius 1 is 0.909 bits per heavy atom. The number of nitrogens with two attached hydrogens (primary N) is 1. The highest BCUT2D eigenvalue weighted by Crippen LogP contribution is 2.25. The van der Waals surface area contributed by atoms with Crippen LogP contribution in [0, 0.1) is 0 Å². The summed E-state index contributed by atoms with van der Waals surface area (Å²) in [7, 11) is 1.15. The topological polar surface area (TPSA) is 131 Å². The smallest absolute Gasteiger partial charge is 0.338 e. The maximum Gasteiger partial charge on any atom is 0.338 e. The van der Waals surface area contributed by atoms with Gasteiger partial charge in [0.2, 0.25) is 6.04 Å². The van der Waals surface area contributed by atoms with Gasteiger partial charge in [0.15, 0.2) is 0 Å². The maximum absolute atomic E-state index is 11.9. The number of hydrogen-bond acceptors (Lipinski definition) is 6. The number of aromatic carboxylic acids is 1. The van der Waals surface area contributed by atoms with E-state index in [9.17, 15) is 19.5 Å². The Balaban J connectivity index is 2.43. The lowest BCUT2D eigenvalue weighted by molar-refractivity contribution is -0.144. The van der Waals surface area contributed by atoms with Crippen LogP contribution < -0.4 is 16.4 Å². The Labute approximate surface area is 197 Å². The summed E-state index contributed by atoms with van der Waals surface area (Å²) in [6.07, 6.45) is 15.2. The Morgan fingerprint density at radius 2 is 1.45 bits per heavy atom. The Morgan fingerprint density at radius 3 is 1.94 bits per heavy atom. The summed E-state index contributed by atoms with van der Waals surface area (Å²) in [4.78, 5) is 34.8. The number of nitrogens with one attached hydrogen (secondary N) is 2. The number of carboxylic acids is 1. The number of ether oxygens (including phenoxy) is 1. The summed E-state index contributed by atoms with van der Waals surface area (Å²) in [5.74, 6) is -2.86. The summed E-state index contributed by atoms with van der Waals surface area (Å²) in [6, 6.07) is 3.04. The number of anilines is 2. The van der Waals surface area contributed by atoms with Crippen molar-refractivity contribution < 1.29 is 24.2 Å². The van der Waals surface area contributed by atoms with Crippen molar-refractivity contribution >= 4 is 29.2 Å². The lowest BCUT2D eigenvalue weighted by atomic mass is 10.1. The molecular formula is C25H41N3O5. The van der Waals surface area contributed by atoms with Gasteiger partial charge in [0.25, 0.3) is 5.91 Å². The first-order valence-electron chi connectivity index (χ1n) is 12.2. The van der Waals surface area contributed by atoms with E-state index in [-0.39, 0.29) is 5.56 Å². The highest BCUT2D eigenvalue weighted by molar-refractivity contribution is 6.04. The highest BCUT2D eigenvalue weighted by atomic mass is 16.5. The fraction of sp³-hybridized carbons (Fsp3) is 0.640. The van der Waals surface area contributed by atoms with Crippen molar-refractivity contribution in [1.29, 1.82) is 0 Å². The fourth-order valence-corrected chi connectivity index (χ4v) is 3.66. The van der Waals surface area contributed by atoms with Crippen molar-refractivity contribution in [3.8, 4) is 0 Å². The largest absolute Gasteiger partial charge is 0.478 e. The second kappa shape index (κ2) is 16.8. The van der Waals surface area contributed by atoms with E-state index in [4.69, 9.17) is 5.73 Å². The van der Waals surface area contributed by atoms with E-state index >= 15 is 0 Å². The average molecular weight is 464 g/mol. The predicted molar refractivity (Wildman–Crippen MR) is 132 cm³/mol. The number of carbonyl (C=O) groups excluding carboxylic acids is 2. The minimum absolute atomic E-state index is 0.0292. The number of unbranched alkanes of at least 4 members (excludes halogenated alkanes) is 11. The molecule has 0 aromatic heterocycles. The second-order valence-corrected chi connectivity index (χ2v) is 8.38. The van der Waals surface area contributed by atoms with E-state index in [2.05, 4.69) is 22.3 Å². The molecular weight excluding hydrogens is 422 g/mol. The van der Waals surface area contributed by atoms with Crippen LogP contribution in [0.3, 0.4) is 0 Å². The molecule has 33 heavy (non-hydrogen) atoms. The van der Waals surface area contributed by atoms with E-state index < -0.39 is 23.9 Å². The van der Waals surface area contributed by atoms with Crippen LogP contribution in [0.2, 0.25) is 0 Å². The molecule has 0 aliphatic rings. The third kappa shape index (κ3) is 11.6. The third-order valence-electron chi connectivity index (χ3n) is 5.63. The van der Waals surface area contributed by atoms with Gasteiger partial charge in [0.1, 0.15) is 0 Å². The van der Waals surface area contributed by atoms with Gasteiger partial charge in [0, 0.05) is 6.54 Å². The van der Waals surface area contributed by atoms with E-state index in [1.807, 2.05) is 0 Å². The number of esters is 1. The molecule has 1 aromatic rings. The molecule has 1 amide bonds. The molecule has 0 bridgehead atoms. The molecule has 186 valence electrons. The zero-order chi connectivity index (χ0) is 24.5. The summed E-state index contributed by atoms with van der Waals surface area (Å²) in [6.45, 7) is 2.93. The van der Waals surface area contributed by atoms with Gasteiger partial charge in [-0.1, -0.05) is 77.6 Å². The van der Waals surface area contributed by atoms with Gasteiger partial charge in [-0.25, -0.2) is 9.59 Å². The molecule has 0 fully saturated rings. The Bertz CT molecular complexity index is 739. The summed E-state index contributed by atoms with van der Waals surface area (Å²) in [5.41, 5.74) is 6.23. The van der Waals surface area contributed by atoms with E-state index in [1.165, 1.54) is 76.3 Å². The lowest BCUT2D eigenvalue weighted by Gasteiger charge is -2.19. The molecule has 0 radical (unpaired) electrons. The number of amides is 1. The average Bonchev–Trinajstić information content (AvgIpc) is 2.80.